The molecule has 0 fully saturated rings. The van der Waals surface area contributed by atoms with Gasteiger partial charge in [-0.25, -0.2) is 9.18 Å². The second kappa shape index (κ2) is 6.73. The summed E-state index contributed by atoms with van der Waals surface area (Å²) < 4.78 is 12.7. The van der Waals surface area contributed by atoms with Crippen LogP contribution in [0.3, 0.4) is 0 Å². The third-order valence-corrected chi connectivity index (χ3v) is 2.68. The van der Waals surface area contributed by atoms with Gasteiger partial charge in [0.15, 0.2) is 0 Å². The second-order valence-electron chi connectivity index (χ2n) is 3.99. The molecule has 0 saturated carbocycles. The van der Waals surface area contributed by atoms with Gasteiger partial charge in [-0.1, -0.05) is 23.7 Å². The number of rotatable bonds is 3. The molecule has 2 N–H and O–H groups in total. The van der Waals surface area contributed by atoms with Crippen molar-refractivity contribution < 1.29 is 9.18 Å². The zero-order valence-electron chi connectivity index (χ0n) is 10.4. The van der Waals surface area contributed by atoms with E-state index in [-0.39, 0.29) is 5.82 Å². The van der Waals surface area contributed by atoms with E-state index in [1.807, 2.05) is 12.1 Å². The molecule has 5 heteroatoms. The van der Waals surface area contributed by atoms with Crippen molar-refractivity contribution in [3.63, 3.8) is 0 Å². The van der Waals surface area contributed by atoms with Crippen LogP contribution >= 0.6 is 11.6 Å². The zero-order valence-corrected chi connectivity index (χ0v) is 11.2. The van der Waals surface area contributed by atoms with Crippen molar-refractivity contribution in [2.45, 2.75) is 0 Å². The second-order valence-corrected chi connectivity index (χ2v) is 4.43. The number of carbonyl (C=O) groups excluding carboxylic acids is 1. The van der Waals surface area contributed by atoms with Crippen LogP contribution < -0.4 is 10.6 Å². The molecule has 0 aliphatic carbocycles. The molecule has 0 spiro atoms. The number of anilines is 1. The Hall–Kier alpha value is -2.33. The maximum atomic E-state index is 12.7. The Kier molecular flexibility index (Phi) is 4.74. The van der Waals surface area contributed by atoms with Gasteiger partial charge in [-0.15, -0.1) is 0 Å². The Morgan fingerprint density at radius 3 is 2.60 bits per heavy atom. The highest BCUT2D eigenvalue weighted by atomic mass is 35.5. The summed E-state index contributed by atoms with van der Waals surface area (Å²) in [6, 6.07) is 12.3. The van der Waals surface area contributed by atoms with Crippen molar-refractivity contribution in [1.29, 1.82) is 0 Å². The Labute approximate surface area is 121 Å². The van der Waals surface area contributed by atoms with Crippen LogP contribution in [0, 0.1) is 5.82 Å². The third-order valence-electron chi connectivity index (χ3n) is 2.44. The quantitative estimate of drug-likeness (QED) is 0.871. The zero-order chi connectivity index (χ0) is 14.4. The lowest BCUT2D eigenvalue weighted by Crippen LogP contribution is -2.23. The summed E-state index contributed by atoms with van der Waals surface area (Å²) in [5.74, 6) is -0.350. The first-order valence-corrected chi connectivity index (χ1v) is 6.26. The number of nitrogens with one attached hydrogen (secondary N) is 2. The number of hydrogen-bond donors (Lipinski definition) is 2. The molecule has 0 atom stereocenters. The van der Waals surface area contributed by atoms with E-state index in [2.05, 4.69) is 10.6 Å². The number of benzene rings is 2. The lowest BCUT2D eigenvalue weighted by molar-refractivity contribution is 0.255. The van der Waals surface area contributed by atoms with E-state index < -0.39 is 6.03 Å². The lowest BCUT2D eigenvalue weighted by atomic mass is 10.2. The number of halogens is 2. The minimum Gasteiger partial charge on any atom is -0.314 e. The van der Waals surface area contributed by atoms with Gasteiger partial charge in [0.25, 0.3) is 0 Å². The highest BCUT2D eigenvalue weighted by Gasteiger charge is 1.99. The molecule has 0 unspecified atom stereocenters. The molecule has 0 aromatic heterocycles. The van der Waals surface area contributed by atoms with E-state index in [1.54, 1.807) is 18.2 Å². The highest BCUT2D eigenvalue weighted by molar-refractivity contribution is 6.30. The fourth-order valence-corrected chi connectivity index (χ4v) is 1.72. The van der Waals surface area contributed by atoms with E-state index in [1.165, 1.54) is 30.5 Å². The molecule has 0 bridgehead atoms. The van der Waals surface area contributed by atoms with Crippen LogP contribution in [0.1, 0.15) is 5.56 Å². The SMILES string of the molecule is O=C(N/C=C/c1cccc(Cl)c1)Nc1ccc(F)cc1. The van der Waals surface area contributed by atoms with Gasteiger partial charge in [0.1, 0.15) is 5.82 Å². The average Bonchev–Trinajstić information content (AvgIpc) is 2.41. The first-order valence-electron chi connectivity index (χ1n) is 5.89. The van der Waals surface area contributed by atoms with E-state index >= 15 is 0 Å². The van der Waals surface area contributed by atoms with Crippen LogP contribution in [0.25, 0.3) is 6.08 Å². The van der Waals surface area contributed by atoms with Crippen molar-refractivity contribution in [3.05, 3.63) is 71.1 Å². The molecule has 3 nitrogen and oxygen atoms in total. The molecule has 0 aliphatic heterocycles. The largest absolute Gasteiger partial charge is 0.323 e. The van der Waals surface area contributed by atoms with Gasteiger partial charge in [0.2, 0.25) is 0 Å². The van der Waals surface area contributed by atoms with Crippen LogP contribution in [-0.2, 0) is 0 Å². The molecular weight excluding hydrogens is 279 g/mol. The Morgan fingerprint density at radius 2 is 1.90 bits per heavy atom. The third kappa shape index (κ3) is 4.40. The molecule has 0 heterocycles. The standard InChI is InChI=1S/C15H12ClFN2O/c16-12-3-1-2-11(10-12)8-9-18-15(20)19-14-6-4-13(17)5-7-14/h1-10H,(H2,18,19,20)/b9-8+. The van der Waals surface area contributed by atoms with Gasteiger partial charge in [-0.2, -0.15) is 0 Å². The minimum atomic E-state index is -0.408. The van der Waals surface area contributed by atoms with E-state index in [0.29, 0.717) is 10.7 Å². The summed E-state index contributed by atoms with van der Waals surface area (Å²) in [6.45, 7) is 0. The number of urea groups is 1. The van der Waals surface area contributed by atoms with Gasteiger partial charge in [0, 0.05) is 16.9 Å². The molecule has 0 radical (unpaired) electrons. The first kappa shape index (κ1) is 14.1. The van der Waals surface area contributed by atoms with E-state index in [0.717, 1.165) is 5.56 Å². The van der Waals surface area contributed by atoms with Crippen molar-refractivity contribution >= 4 is 29.4 Å². The Balaban J connectivity index is 1.87. The Bertz CT molecular complexity index is 626. The van der Waals surface area contributed by atoms with Gasteiger partial charge < -0.3 is 10.6 Å². The fraction of sp³-hybridized carbons (Fsp3) is 0. The van der Waals surface area contributed by atoms with Crippen LogP contribution in [0.15, 0.2) is 54.7 Å². The fourth-order valence-electron chi connectivity index (χ4n) is 1.52. The molecule has 2 aromatic rings. The molecule has 2 amide bonds. The van der Waals surface area contributed by atoms with Crippen molar-refractivity contribution in [1.82, 2.24) is 5.32 Å². The predicted molar refractivity (Wildman–Crippen MR) is 79.0 cm³/mol. The molecule has 0 aliphatic rings. The van der Waals surface area contributed by atoms with E-state index in [9.17, 15) is 9.18 Å². The van der Waals surface area contributed by atoms with Gasteiger partial charge in [0.05, 0.1) is 0 Å². The molecular formula is C15H12ClFN2O. The van der Waals surface area contributed by atoms with Crippen LogP contribution in [0.5, 0.6) is 0 Å². The summed E-state index contributed by atoms with van der Waals surface area (Å²) in [7, 11) is 0. The van der Waals surface area contributed by atoms with Gasteiger partial charge in [-0.3, -0.25) is 0 Å². The number of amides is 2. The van der Waals surface area contributed by atoms with Crippen molar-refractivity contribution in [2.75, 3.05) is 5.32 Å². The average molecular weight is 291 g/mol. The predicted octanol–water partition coefficient (Wildman–Crippen LogP) is 4.27. The van der Waals surface area contributed by atoms with Gasteiger partial charge in [-0.05, 0) is 48.0 Å². The normalized spacial score (nSPS) is 10.5. The lowest BCUT2D eigenvalue weighted by Gasteiger charge is -2.04. The van der Waals surface area contributed by atoms with Crippen LogP contribution in [0.2, 0.25) is 5.02 Å². The summed E-state index contributed by atoms with van der Waals surface area (Å²) >= 11 is 5.84. The number of carbonyl (C=O) groups is 1. The van der Waals surface area contributed by atoms with Crippen LogP contribution in [0.4, 0.5) is 14.9 Å². The molecule has 2 rings (SSSR count). The summed E-state index contributed by atoms with van der Waals surface area (Å²) in [5, 5.41) is 5.75. The first-order chi connectivity index (χ1) is 9.63. The van der Waals surface area contributed by atoms with Gasteiger partial charge >= 0.3 is 6.03 Å². The maximum Gasteiger partial charge on any atom is 0.323 e. The van der Waals surface area contributed by atoms with Crippen molar-refractivity contribution in [2.24, 2.45) is 0 Å². The molecule has 102 valence electrons. The highest BCUT2D eigenvalue weighted by Crippen LogP contribution is 2.11. The summed E-state index contributed by atoms with van der Waals surface area (Å²) in [5.41, 5.74) is 1.39. The number of hydrogen-bond acceptors (Lipinski definition) is 1. The molecule has 0 saturated heterocycles. The molecule has 20 heavy (non-hydrogen) atoms. The summed E-state index contributed by atoms with van der Waals surface area (Å²) in [6.07, 6.45) is 3.22. The van der Waals surface area contributed by atoms with Crippen molar-refractivity contribution in [3.8, 4) is 0 Å². The minimum absolute atomic E-state index is 0.350. The monoisotopic (exact) mass is 290 g/mol. The smallest absolute Gasteiger partial charge is 0.314 e. The topological polar surface area (TPSA) is 41.1 Å². The molecule has 2 aromatic carbocycles. The van der Waals surface area contributed by atoms with E-state index in [4.69, 9.17) is 11.6 Å². The summed E-state index contributed by atoms with van der Waals surface area (Å²) in [4.78, 5) is 11.6. The Morgan fingerprint density at radius 1 is 1.15 bits per heavy atom. The maximum absolute atomic E-state index is 12.7. The van der Waals surface area contributed by atoms with Crippen LogP contribution in [-0.4, -0.2) is 6.03 Å².